The Morgan fingerprint density at radius 1 is 1.24 bits per heavy atom. The van der Waals surface area contributed by atoms with Crippen LogP contribution in [0.25, 0.3) is 11.4 Å². The average Bonchev–Trinajstić information content (AvgIpc) is 3.30. The van der Waals surface area contributed by atoms with Crippen LogP contribution in [0.15, 0.2) is 56.8 Å². The highest BCUT2D eigenvalue weighted by molar-refractivity contribution is 7.99. The minimum absolute atomic E-state index is 0.123. The van der Waals surface area contributed by atoms with E-state index >= 15 is 0 Å². The van der Waals surface area contributed by atoms with Crippen molar-refractivity contribution in [2.45, 2.75) is 31.5 Å². The zero-order valence-electron chi connectivity index (χ0n) is 14.1. The van der Waals surface area contributed by atoms with Gasteiger partial charge in [-0.3, -0.25) is 4.79 Å². The topological polar surface area (TPSA) is 81.2 Å². The van der Waals surface area contributed by atoms with Crippen molar-refractivity contribution in [3.05, 3.63) is 54.0 Å². The monoisotopic (exact) mass is 357 g/mol. The first-order valence-electron chi connectivity index (χ1n) is 7.98. The van der Waals surface area contributed by atoms with Gasteiger partial charge in [0, 0.05) is 5.56 Å². The fourth-order valence-electron chi connectivity index (χ4n) is 2.18. The third kappa shape index (κ3) is 4.73. The van der Waals surface area contributed by atoms with Gasteiger partial charge in [0.2, 0.25) is 11.7 Å². The molecule has 0 fully saturated rings. The molecular weight excluding hydrogens is 338 g/mol. The van der Waals surface area contributed by atoms with Gasteiger partial charge < -0.3 is 14.3 Å². The Morgan fingerprint density at radius 3 is 2.72 bits per heavy atom. The molecule has 0 unspecified atom stereocenters. The summed E-state index contributed by atoms with van der Waals surface area (Å²) in [5.41, 5.74) is 2.15. The third-order valence-electron chi connectivity index (χ3n) is 3.61. The van der Waals surface area contributed by atoms with E-state index in [0.717, 1.165) is 5.56 Å². The van der Waals surface area contributed by atoms with E-state index in [0.29, 0.717) is 29.3 Å². The summed E-state index contributed by atoms with van der Waals surface area (Å²) in [6, 6.07) is 11.7. The zero-order chi connectivity index (χ0) is 17.6. The SMILES string of the molecule is CC(C)c1ccc(-c2noc(SCC(=O)NCc3ccco3)n2)cc1. The number of rotatable bonds is 7. The maximum Gasteiger partial charge on any atom is 0.286 e. The van der Waals surface area contributed by atoms with E-state index in [2.05, 4.69) is 41.4 Å². The Balaban J connectivity index is 1.52. The fourth-order valence-corrected chi connectivity index (χ4v) is 2.78. The lowest BCUT2D eigenvalue weighted by Gasteiger charge is -2.04. The number of aromatic nitrogens is 2. The predicted molar refractivity (Wildman–Crippen MR) is 95.1 cm³/mol. The molecule has 0 spiro atoms. The Bertz CT molecular complexity index is 810. The van der Waals surface area contributed by atoms with Crippen molar-refractivity contribution < 1.29 is 13.7 Å². The third-order valence-corrected chi connectivity index (χ3v) is 4.43. The molecule has 0 aliphatic heterocycles. The summed E-state index contributed by atoms with van der Waals surface area (Å²) >= 11 is 1.21. The van der Waals surface area contributed by atoms with Crippen molar-refractivity contribution in [3.8, 4) is 11.4 Å². The fraction of sp³-hybridized carbons (Fsp3) is 0.278. The Kier molecular flexibility index (Phi) is 5.55. The molecule has 3 rings (SSSR count). The summed E-state index contributed by atoms with van der Waals surface area (Å²) in [5.74, 6) is 1.79. The summed E-state index contributed by atoms with van der Waals surface area (Å²) in [4.78, 5) is 16.1. The van der Waals surface area contributed by atoms with Crippen molar-refractivity contribution >= 4 is 17.7 Å². The summed E-state index contributed by atoms with van der Waals surface area (Å²) in [6.07, 6.45) is 1.57. The zero-order valence-corrected chi connectivity index (χ0v) is 14.9. The molecule has 1 aromatic carbocycles. The van der Waals surface area contributed by atoms with Gasteiger partial charge in [0.25, 0.3) is 5.22 Å². The highest BCUT2D eigenvalue weighted by Crippen LogP contribution is 2.23. The minimum Gasteiger partial charge on any atom is -0.467 e. The second-order valence-electron chi connectivity index (χ2n) is 5.81. The van der Waals surface area contributed by atoms with E-state index in [1.165, 1.54) is 17.3 Å². The van der Waals surface area contributed by atoms with Crippen molar-refractivity contribution in [2.75, 3.05) is 5.75 Å². The number of furan rings is 1. The van der Waals surface area contributed by atoms with Crippen LogP contribution in [0.4, 0.5) is 0 Å². The molecule has 1 N–H and O–H groups in total. The molecule has 0 aliphatic carbocycles. The second-order valence-corrected chi connectivity index (χ2v) is 6.73. The Hall–Kier alpha value is -2.54. The molecule has 3 aromatic rings. The standard InChI is InChI=1S/C18H19N3O3S/c1-12(2)13-5-7-14(8-6-13)17-20-18(24-21-17)25-11-16(22)19-10-15-4-3-9-23-15/h3-9,12H,10-11H2,1-2H3,(H,19,22). The summed E-state index contributed by atoms with van der Waals surface area (Å²) < 4.78 is 10.4. The van der Waals surface area contributed by atoms with E-state index in [9.17, 15) is 4.79 Å². The van der Waals surface area contributed by atoms with E-state index in [1.807, 2.05) is 18.2 Å². The lowest BCUT2D eigenvalue weighted by Crippen LogP contribution is -2.24. The van der Waals surface area contributed by atoms with Gasteiger partial charge in [-0.25, -0.2) is 0 Å². The van der Waals surface area contributed by atoms with E-state index in [1.54, 1.807) is 12.3 Å². The molecule has 25 heavy (non-hydrogen) atoms. The van der Waals surface area contributed by atoms with E-state index < -0.39 is 0 Å². The summed E-state index contributed by atoms with van der Waals surface area (Å²) in [5, 5.41) is 7.11. The normalized spacial score (nSPS) is 11.0. The average molecular weight is 357 g/mol. The summed E-state index contributed by atoms with van der Waals surface area (Å²) in [7, 11) is 0. The van der Waals surface area contributed by atoms with Crippen LogP contribution in [0.1, 0.15) is 31.1 Å². The number of hydrogen-bond acceptors (Lipinski definition) is 6. The molecule has 1 amide bonds. The van der Waals surface area contributed by atoms with E-state index in [-0.39, 0.29) is 11.7 Å². The van der Waals surface area contributed by atoms with Gasteiger partial charge >= 0.3 is 0 Å². The van der Waals surface area contributed by atoms with Gasteiger partial charge in [0.05, 0.1) is 18.6 Å². The molecule has 2 heterocycles. The first-order valence-corrected chi connectivity index (χ1v) is 8.96. The first kappa shape index (κ1) is 17.3. The molecule has 0 saturated carbocycles. The number of nitrogens with one attached hydrogen (secondary N) is 1. The van der Waals surface area contributed by atoms with Crippen LogP contribution in [0, 0.1) is 0 Å². The van der Waals surface area contributed by atoms with Gasteiger partial charge in [-0.15, -0.1) is 0 Å². The number of benzene rings is 1. The van der Waals surface area contributed by atoms with Gasteiger partial charge in [0.1, 0.15) is 5.76 Å². The van der Waals surface area contributed by atoms with Crippen LogP contribution in [0.5, 0.6) is 0 Å². The number of nitrogens with zero attached hydrogens (tertiary/aromatic N) is 2. The molecule has 0 saturated heterocycles. The summed E-state index contributed by atoms with van der Waals surface area (Å²) in [6.45, 7) is 4.66. The highest BCUT2D eigenvalue weighted by atomic mass is 32.2. The minimum atomic E-state index is -0.123. The van der Waals surface area contributed by atoms with Crippen LogP contribution in [0.2, 0.25) is 0 Å². The quantitative estimate of drug-likeness (QED) is 0.647. The maximum absolute atomic E-state index is 11.8. The molecule has 0 aliphatic rings. The second kappa shape index (κ2) is 8.02. The smallest absolute Gasteiger partial charge is 0.286 e. The van der Waals surface area contributed by atoms with Crippen LogP contribution >= 0.6 is 11.8 Å². The molecule has 0 radical (unpaired) electrons. The predicted octanol–water partition coefficient (Wildman–Crippen LogP) is 3.86. The highest BCUT2D eigenvalue weighted by Gasteiger charge is 2.12. The van der Waals surface area contributed by atoms with Gasteiger partial charge in [-0.05, 0) is 23.6 Å². The van der Waals surface area contributed by atoms with Crippen LogP contribution < -0.4 is 5.32 Å². The Labute approximate surface area is 150 Å². The molecule has 130 valence electrons. The van der Waals surface area contributed by atoms with Crippen molar-refractivity contribution in [1.82, 2.24) is 15.5 Å². The van der Waals surface area contributed by atoms with Gasteiger partial charge in [-0.1, -0.05) is 55.0 Å². The number of carbonyl (C=O) groups is 1. The number of hydrogen-bond donors (Lipinski definition) is 1. The molecule has 2 aromatic heterocycles. The maximum atomic E-state index is 11.8. The molecule has 0 atom stereocenters. The molecule has 7 heteroatoms. The van der Waals surface area contributed by atoms with Gasteiger partial charge in [-0.2, -0.15) is 4.98 Å². The van der Waals surface area contributed by atoms with Crippen molar-refractivity contribution in [1.29, 1.82) is 0 Å². The first-order chi connectivity index (χ1) is 12.1. The lowest BCUT2D eigenvalue weighted by molar-refractivity contribution is -0.118. The molecule has 6 nitrogen and oxygen atoms in total. The van der Waals surface area contributed by atoms with Crippen molar-refractivity contribution in [2.24, 2.45) is 0 Å². The largest absolute Gasteiger partial charge is 0.467 e. The number of thioether (sulfide) groups is 1. The van der Waals surface area contributed by atoms with Crippen LogP contribution in [-0.2, 0) is 11.3 Å². The number of carbonyl (C=O) groups excluding carboxylic acids is 1. The van der Waals surface area contributed by atoms with Crippen LogP contribution in [-0.4, -0.2) is 21.8 Å². The van der Waals surface area contributed by atoms with E-state index in [4.69, 9.17) is 8.94 Å². The molecule has 0 bridgehead atoms. The van der Waals surface area contributed by atoms with Crippen LogP contribution in [0.3, 0.4) is 0 Å². The van der Waals surface area contributed by atoms with Gasteiger partial charge in [0.15, 0.2) is 0 Å². The molecular formula is C18H19N3O3S. The number of amides is 1. The lowest BCUT2D eigenvalue weighted by atomic mass is 10.0. The Morgan fingerprint density at radius 2 is 2.04 bits per heavy atom. The van der Waals surface area contributed by atoms with Crippen molar-refractivity contribution in [3.63, 3.8) is 0 Å².